The first-order valence-corrected chi connectivity index (χ1v) is 7.70. The highest BCUT2D eigenvalue weighted by molar-refractivity contribution is 5.72. The summed E-state index contributed by atoms with van der Waals surface area (Å²) >= 11 is 0. The quantitative estimate of drug-likeness (QED) is 0.818. The van der Waals surface area contributed by atoms with E-state index < -0.39 is 5.97 Å². The van der Waals surface area contributed by atoms with Crippen molar-refractivity contribution < 1.29 is 14.6 Å². The zero-order chi connectivity index (χ0) is 13.4. The summed E-state index contributed by atoms with van der Waals surface area (Å²) < 4.78 is 5.40. The van der Waals surface area contributed by atoms with Gasteiger partial charge >= 0.3 is 5.97 Å². The largest absolute Gasteiger partial charge is 0.481 e. The first-order chi connectivity index (χ1) is 9.19. The van der Waals surface area contributed by atoms with Crippen LogP contribution in [0.25, 0.3) is 0 Å². The summed E-state index contributed by atoms with van der Waals surface area (Å²) in [5.74, 6) is 0.302. The molecule has 2 N–H and O–H groups in total. The van der Waals surface area contributed by atoms with Crippen LogP contribution in [0, 0.1) is 17.8 Å². The SMILES string of the molecule is COC1CCC(NC2C3CCC(C3)C2C(=O)O)CC1. The topological polar surface area (TPSA) is 58.6 Å². The number of carboxylic acid groups (broad SMARTS) is 1. The molecular weight excluding hydrogens is 242 g/mol. The highest BCUT2D eigenvalue weighted by Crippen LogP contribution is 2.49. The van der Waals surface area contributed by atoms with Crippen LogP contribution in [-0.2, 0) is 9.53 Å². The van der Waals surface area contributed by atoms with Crippen LogP contribution >= 0.6 is 0 Å². The molecular formula is C15H25NO3. The maximum Gasteiger partial charge on any atom is 0.308 e. The molecule has 3 rings (SSSR count). The Morgan fingerprint density at radius 1 is 1.11 bits per heavy atom. The Morgan fingerprint density at radius 3 is 2.42 bits per heavy atom. The highest BCUT2D eigenvalue weighted by Gasteiger charge is 2.51. The second kappa shape index (κ2) is 5.41. The minimum atomic E-state index is -0.588. The van der Waals surface area contributed by atoms with Crippen LogP contribution < -0.4 is 5.32 Å². The first-order valence-electron chi connectivity index (χ1n) is 7.70. The molecule has 3 saturated carbocycles. The van der Waals surface area contributed by atoms with Crippen LogP contribution in [0.4, 0.5) is 0 Å². The minimum absolute atomic E-state index is 0.140. The van der Waals surface area contributed by atoms with Crippen LogP contribution in [0.3, 0.4) is 0 Å². The number of nitrogens with one attached hydrogen (secondary N) is 1. The summed E-state index contributed by atoms with van der Waals surface area (Å²) in [4.78, 5) is 11.5. The molecule has 4 atom stereocenters. The molecule has 19 heavy (non-hydrogen) atoms. The second-order valence-electron chi connectivity index (χ2n) is 6.60. The lowest BCUT2D eigenvalue weighted by atomic mass is 9.83. The number of carbonyl (C=O) groups is 1. The predicted octanol–water partition coefficient (Wildman–Crippen LogP) is 2.03. The van der Waals surface area contributed by atoms with Gasteiger partial charge in [0.1, 0.15) is 0 Å². The van der Waals surface area contributed by atoms with Gasteiger partial charge in [-0.15, -0.1) is 0 Å². The molecule has 0 aliphatic heterocycles. The molecule has 0 radical (unpaired) electrons. The van der Waals surface area contributed by atoms with E-state index in [2.05, 4.69) is 5.32 Å². The van der Waals surface area contributed by atoms with E-state index >= 15 is 0 Å². The van der Waals surface area contributed by atoms with E-state index in [0.29, 0.717) is 24.0 Å². The summed E-state index contributed by atoms with van der Waals surface area (Å²) in [6, 6.07) is 0.720. The van der Waals surface area contributed by atoms with E-state index in [1.54, 1.807) is 7.11 Å². The first kappa shape index (κ1) is 13.4. The van der Waals surface area contributed by atoms with Crippen LogP contribution in [0.15, 0.2) is 0 Å². The summed E-state index contributed by atoms with van der Waals surface area (Å²) in [6.45, 7) is 0. The third kappa shape index (κ3) is 2.52. The van der Waals surface area contributed by atoms with Crippen molar-refractivity contribution >= 4 is 5.97 Å². The van der Waals surface area contributed by atoms with E-state index in [-0.39, 0.29) is 12.0 Å². The van der Waals surface area contributed by atoms with Gasteiger partial charge in [0.2, 0.25) is 0 Å². The molecule has 0 spiro atoms. The molecule has 0 amide bonds. The van der Waals surface area contributed by atoms with Gasteiger partial charge < -0.3 is 15.2 Å². The van der Waals surface area contributed by atoms with E-state index in [0.717, 1.165) is 38.5 Å². The van der Waals surface area contributed by atoms with Gasteiger partial charge in [0, 0.05) is 19.2 Å². The van der Waals surface area contributed by atoms with Gasteiger partial charge in [0.05, 0.1) is 12.0 Å². The van der Waals surface area contributed by atoms with Crippen LogP contribution in [0.5, 0.6) is 0 Å². The van der Waals surface area contributed by atoms with Gasteiger partial charge in [-0.1, -0.05) is 0 Å². The van der Waals surface area contributed by atoms with E-state index in [9.17, 15) is 9.90 Å². The molecule has 0 aromatic rings. The highest BCUT2D eigenvalue weighted by atomic mass is 16.5. The van der Waals surface area contributed by atoms with Crippen molar-refractivity contribution in [3.8, 4) is 0 Å². The Kier molecular flexibility index (Phi) is 3.81. The van der Waals surface area contributed by atoms with Crippen molar-refractivity contribution in [1.29, 1.82) is 0 Å². The summed E-state index contributed by atoms with van der Waals surface area (Å²) in [5.41, 5.74) is 0. The predicted molar refractivity (Wildman–Crippen MR) is 71.9 cm³/mol. The Hall–Kier alpha value is -0.610. The van der Waals surface area contributed by atoms with Gasteiger partial charge in [-0.25, -0.2) is 0 Å². The maximum absolute atomic E-state index is 11.5. The van der Waals surface area contributed by atoms with Crippen molar-refractivity contribution in [3.63, 3.8) is 0 Å². The number of aliphatic carboxylic acids is 1. The summed E-state index contributed by atoms with van der Waals surface area (Å²) in [6.07, 6.45) is 8.34. The average molecular weight is 267 g/mol. The summed E-state index contributed by atoms with van der Waals surface area (Å²) in [5, 5.41) is 13.1. The molecule has 3 aliphatic rings. The number of ether oxygens (including phenoxy) is 1. The minimum Gasteiger partial charge on any atom is -0.481 e. The maximum atomic E-state index is 11.5. The third-order valence-corrected chi connectivity index (χ3v) is 5.64. The van der Waals surface area contributed by atoms with Crippen LogP contribution in [-0.4, -0.2) is 36.4 Å². The molecule has 4 unspecified atom stereocenters. The van der Waals surface area contributed by atoms with E-state index in [1.165, 1.54) is 6.42 Å². The molecule has 3 fully saturated rings. The van der Waals surface area contributed by atoms with E-state index in [4.69, 9.17) is 4.74 Å². The van der Waals surface area contributed by atoms with Gasteiger partial charge in [-0.3, -0.25) is 4.79 Å². The number of methoxy groups -OCH3 is 1. The molecule has 2 bridgehead atoms. The normalized spacial score (nSPS) is 45.5. The third-order valence-electron chi connectivity index (χ3n) is 5.64. The van der Waals surface area contributed by atoms with E-state index in [1.807, 2.05) is 0 Å². The number of carboxylic acids is 1. The Morgan fingerprint density at radius 2 is 1.79 bits per heavy atom. The standard InChI is InChI=1S/C15H25NO3/c1-19-12-6-4-11(5-7-12)16-14-10-3-2-9(8-10)13(14)15(17)18/h9-14,16H,2-8H2,1H3,(H,17,18). The lowest BCUT2D eigenvalue weighted by Gasteiger charge is -2.35. The molecule has 3 aliphatic carbocycles. The molecule has 4 nitrogen and oxygen atoms in total. The van der Waals surface area contributed by atoms with Crippen molar-refractivity contribution in [1.82, 2.24) is 5.32 Å². The van der Waals surface area contributed by atoms with Gasteiger partial charge in [-0.2, -0.15) is 0 Å². The smallest absolute Gasteiger partial charge is 0.308 e. The zero-order valence-corrected chi connectivity index (χ0v) is 11.7. The number of hydrogen-bond acceptors (Lipinski definition) is 3. The molecule has 108 valence electrons. The molecule has 0 aromatic carbocycles. The van der Waals surface area contributed by atoms with Crippen molar-refractivity contribution in [2.75, 3.05) is 7.11 Å². The Labute approximate surface area is 114 Å². The zero-order valence-electron chi connectivity index (χ0n) is 11.7. The molecule has 0 heterocycles. The van der Waals surface area contributed by atoms with Crippen molar-refractivity contribution in [2.45, 2.75) is 63.1 Å². The number of fused-ring (bicyclic) bond motifs is 2. The van der Waals surface area contributed by atoms with Crippen LogP contribution in [0.1, 0.15) is 44.9 Å². The van der Waals surface area contributed by atoms with Gasteiger partial charge in [-0.05, 0) is 56.8 Å². The Bertz CT molecular complexity index is 338. The van der Waals surface area contributed by atoms with Crippen molar-refractivity contribution in [3.05, 3.63) is 0 Å². The fourth-order valence-electron chi connectivity index (χ4n) is 4.62. The van der Waals surface area contributed by atoms with Gasteiger partial charge in [0.15, 0.2) is 0 Å². The van der Waals surface area contributed by atoms with Gasteiger partial charge in [0.25, 0.3) is 0 Å². The molecule has 4 heteroatoms. The monoisotopic (exact) mass is 267 g/mol. The summed E-state index contributed by atoms with van der Waals surface area (Å²) in [7, 11) is 1.79. The average Bonchev–Trinajstić information content (AvgIpc) is 3.00. The number of hydrogen-bond donors (Lipinski definition) is 2. The molecule has 0 aromatic heterocycles. The fraction of sp³-hybridized carbons (Fsp3) is 0.933. The lowest BCUT2D eigenvalue weighted by Crippen LogP contribution is -2.49. The lowest BCUT2D eigenvalue weighted by molar-refractivity contribution is -0.144. The van der Waals surface area contributed by atoms with Crippen LogP contribution in [0.2, 0.25) is 0 Å². The molecule has 0 saturated heterocycles. The fourth-order valence-corrected chi connectivity index (χ4v) is 4.62. The Balaban J connectivity index is 1.58. The second-order valence-corrected chi connectivity index (χ2v) is 6.60. The van der Waals surface area contributed by atoms with Crippen molar-refractivity contribution in [2.24, 2.45) is 17.8 Å². The number of rotatable bonds is 4.